The van der Waals surface area contributed by atoms with Gasteiger partial charge in [0.15, 0.2) is 0 Å². The highest BCUT2D eigenvalue weighted by Crippen LogP contribution is 2.34. The van der Waals surface area contributed by atoms with Crippen molar-refractivity contribution in [3.63, 3.8) is 0 Å². The molecule has 6 nitrogen and oxygen atoms in total. The van der Waals surface area contributed by atoms with E-state index in [0.717, 1.165) is 23.3 Å². The molecule has 1 aliphatic heterocycles. The summed E-state index contributed by atoms with van der Waals surface area (Å²) in [4.78, 5) is 21.4. The minimum atomic E-state index is -4.44. The standard InChI is InChI=1S/C26H25F3N4O2/c1-16(32-25(34)24-15-31-14-23(33-24)19-8-10-35-11-9-19)17-2-4-18(5-3-17)22-12-21(26(27,28)29)7-6-20(22)13-30/h2-8,12,14-16H,9-11,13,30H2,1H3,(H,32,34)/t16-/m1/s1. The summed E-state index contributed by atoms with van der Waals surface area (Å²) in [5, 5.41) is 2.90. The zero-order chi connectivity index (χ0) is 25.0. The predicted octanol–water partition coefficient (Wildman–Crippen LogP) is 4.92. The monoisotopic (exact) mass is 482 g/mol. The summed E-state index contributed by atoms with van der Waals surface area (Å²) in [7, 11) is 0. The van der Waals surface area contributed by atoms with E-state index in [1.54, 1.807) is 30.5 Å². The number of rotatable bonds is 6. The molecule has 4 rings (SSSR count). The highest BCUT2D eigenvalue weighted by Gasteiger charge is 2.31. The van der Waals surface area contributed by atoms with Crippen molar-refractivity contribution in [3.05, 3.63) is 89.0 Å². The van der Waals surface area contributed by atoms with E-state index in [1.807, 2.05) is 13.0 Å². The zero-order valence-corrected chi connectivity index (χ0v) is 19.1. The second kappa shape index (κ2) is 10.4. The number of alkyl halides is 3. The van der Waals surface area contributed by atoms with Crippen LogP contribution in [-0.4, -0.2) is 29.1 Å². The van der Waals surface area contributed by atoms with Crippen LogP contribution in [0.2, 0.25) is 0 Å². The van der Waals surface area contributed by atoms with Crippen LogP contribution in [0.5, 0.6) is 0 Å². The number of ether oxygens (including phenoxy) is 1. The molecule has 1 amide bonds. The molecule has 0 unspecified atom stereocenters. The van der Waals surface area contributed by atoms with Crippen molar-refractivity contribution in [1.29, 1.82) is 0 Å². The van der Waals surface area contributed by atoms with Gasteiger partial charge in [-0.1, -0.05) is 36.4 Å². The van der Waals surface area contributed by atoms with Crippen LogP contribution in [-0.2, 0) is 17.5 Å². The number of aromatic nitrogens is 2. The van der Waals surface area contributed by atoms with Crippen molar-refractivity contribution in [2.45, 2.75) is 32.1 Å². The minimum Gasteiger partial charge on any atom is -0.377 e. The molecular weight excluding hydrogens is 457 g/mol. The van der Waals surface area contributed by atoms with Gasteiger partial charge in [-0.3, -0.25) is 9.78 Å². The van der Waals surface area contributed by atoms with Gasteiger partial charge in [-0.15, -0.1) is 0 Å². The van der Waals surface area contributed by atoms with Crippen LogP contribution < -0.4 is 11.1 Å². The molecule has 182 valence electrons. The van der Waals surface area contributed by atoms with Gasteiger partial charge in [0.1, 0.15) is 5.69 Å². The van der Waals surface area contributed by atoms with Gasteiger partial charge >= 0.3 is 6.18 Å². The molecule has 0 aliphatic carbocycles. The Hall–Kier alpha value is -3.56. The summed E-state index contributed by atoms with van der Waals surface area (Å²) in [5.41, 5.74) is 9.31. The van der Waals surface area contributed by atoms with Crippen molar-refractivity contribution in [3.8, 4) is 11.1 Å². The molecule has 1 aliphatic rings. The van der Waals surface area contributed by atoms with Crippen molar-refractivity contribution in [2.75, 3.05) is 13.2 Å². The molecule has 1 aromatic heterocycles. The fraction of sp³-hybridized carbons (Fsp3) is 0.269. The summed E-state index contributed by atoms with van der Waals surface area (Å²) in [6.45, 7) is 3.05. The van der Waals surface area contributed by atoms with Crippen LogP contribution in [0, 0.1) is 0 Å². The second-order valence-corrected chi connectivity index (χ2v) is 8.23. The van der Waals surface area contributed by atoms with Crippen molar-refractivity contribution >= 4 is 11.5 Å². The number of amides is 1. The number of carbonyl (C=O) groups is 1. The number of benzene rings is 2. The van der Waals surface area contributed by atoms with Crippen molar-refractivity contribution < 1.29 is 22.7 Å². The smallest absolute Gasteiger partial charge is 0.377 e. The third-order valence-electron chi connectivity index (χ3n) is 5.89. The number of nitrogens with two attached hydrogens (primary N) is 1. The Morgan fingerprint density at radius 1 is 1.17 bits per heavy atom. The Morgan fingerprint density at radius 2 is 1.94 bits per heavy atom. The zero-order valence-electron chi connectivity index (χ0n) is 19.1. The molecule has 0 spiro atoms. The number of nitrogens with zero attached hydrogens (tertiary/aromatic N) is 2. The SMILES string of the molecule is C[C@@H](NC(=O)c1cncc(C2=CCOCC2)n1)c1ccc(-c2cc(C(F)(F)F)ccc2CN)cc1. The topological polar surface area (TPSA) is 90.1 Å². The lowest BCUT2D eigenvalue weighted by Crippen LogP contribution is -2.27. The van der Waals surface area contributed by atoms with Gasteiger partial charge in [-0.05, 0) is 53.3 Å². The van der Waals surface area contributed by atoms with Crippen LogP contribution >= 0.6 is 0 Å². The van der Waals surface area contributed by atoms with E-state index in [-0.39, 0.29) is 24.2 Å². The quantitative estimate of drug-likeness (QED) is 0.521. The molecule has 9 heteroatoms. The molecule has 2 heterocycles. The van der Waals surface area contributed by atoms with E-state index in [9.17, 15) is 18.0 Å². The molecule has 0 saturated carbocycles. The first-order valence-corrected chi connectivity index (χ1v) is 11.2. The molecule has 35 heavy (non-hydrogen) atoms. The summed E-state index contributed by atoms with van der Waals surface area (Å²) in [6, 6.07) is 10.2. The third kappa shape index (κ3) is 5.75. The number of halogens is 3. The van der Waals surface area contributed by atoms with E-state index in [4.69, 9.17) is 10.5 Å². The maximum atomic E-state index is 13.2. The van der Waals surface area contributed by atoms with E-state index in [0.29, 0.717) is 42.0 Å². The normalized spacial score (nSPS) is 14.8. The maximum Gasteiger partial charge on any atom is 0.416 e. The van der Waals surface area contributed by atoms with Crippen LogP contribution in [0.4, 0.5) is 13.2 Å². The van der Waals surface area contributed by atoms with E-state index >= 15 is 0 Å². The molecule has 3 aromatic rings. The molecule has 0 saturated heterocycles. The summed E-state index contributed by atoms with van der Waals surface area (Å²) in [6.07, 6.45) is 1.23. The molecule has 3 N–H and O–H groups in total. The molecule has 1 atom stereocenters. The van der Waals surface area contributed by atoms with E-state index < -0.39 is 11.7 Å². The minimum absolute atomic E-state index is 0.117. The van der Waals surface area contributed by atoms with Gasteiger partial charge in [0.25, 0.3) is 5.91 Å². The Bertz CT molecular complexity index is 1240. The van der Waals surface area contributed by atoms with Crippen LogP contribution in [0.15, 0.2) is 60.9 Å². The lowest BCUT2D eigenvalue weighted by atomic mass is 9.95. The molecule has 0 radical (unpaired) electrons. The van der Waals surface area contributed by atoms with Gasteiger partial charge in [-0.25, -0.2) is 4.98 Å². The molecule has 0 fully saturated rings. The Kier molecular flexibility index (Phi) is 7.28. The Morgan fingerprint density at radius 3 is 2.60 bits per heavy atom. The fourth-order valence-electron chi connectivity index (χ4n) is 3.89. The average molecular weight is 483 g/mol. The molecular formula is C26H25F3N4O2. The Labute approximate surface area is 201 Å². The van der Waals surface area contributed by atoms with Gasteiger partial charge in [0.05, 0.1) is 42.9 Å². The number of hydrogen-bond donors (Lipinski definition) is 2. The van der Waals surface area contributed by atoms with Gasteiger partial charge in [0.2, 0.25) is 0 Å². The van der Waals surface area contributed by atoms with E-state index in [1.165, 1.54) is 12.3 Å². The highest BCUT2D eigenvalue weighted by atomic mass is 19.4. The summed E-state index contributed by atoms with van der Waals surface area (Å²) < 4.78 is 44.9. The first kappa shape index (κ1) is 24.6. The summed E-state index contributed by atoms with van der Waals surface area (Å²) >= 11 is 0. The average Bonchev–Trinajstić information content (AvgIpc) is 2.88. The van der Waals surface area contributed by atoms with Crippen LogP contribution in [0.1, 0.15) is 52.3 Å². The maximum absolute atomic E-state index is 13.2. The molecule has 2 aromatic carbocycles. The number of hydrogen-bond acceptors (Lipinski definition) is 5. The molecule has 0 bridgehead atoms. The Balaban J connectivity index is 1.50. The lowest BCUT2D eigenvalue weighted by Gasteiger charge is -2.17. The van der Waals surface area contributed by atoms with Crippen LogP contribution in [0.25, 0.3) is 16.7 Å². The lowest BCUT2D eigenvalue weighted by molar-refractivity contribution is -0.137. The van der Waals surface area contributed by atoms with Crippen molar-refractivity contribution in [1.82, 2.24) is 15.3 Å². The van der Waals surface area contributed by atoms with Gasteiger partial charge < -0.3 is 15.8 Å². The van der Waals surface area contributed by atoms with Crippen molar-refractivity contribution in [2.24, 2.45) is 5.73 Å². The first-order chi connectivity index (χ1) is 16.8. The highest BCUT2D eigenvalue weighted by molar-refractivity contribution is 5.92. The fourth-order valence-corrected chi connectivity index (χ4v) is 3.89. The number of nitrogens with one attached hydrogen (secondary N) is 1. The van der Waals surface area contributed by atoms with Gasteiger partial charge in [-0.2, -0.15) is 13.2 Å². The summed E-state index contributed by atoms with van der Waals surface area (Å²) in [5.74, 6) is -0.369. The number of carbonyl (C=O) groups excluding carboxylic acids is 1. The third-order valence-corrected chi connectivity index (χ3v) is 5.89. The predicted molar refractivity (Wildman–Crippen MR) is 126 cm³/mol. The largest absolute Gasteiger partial charge is 0.416 e. The van der Waals surface area contributed by atoms with Crippen LogP contribution in [0.3, 0.4) is 0 Å². The first-order valence-electron chi connectivity index (χ1n) is 11.2. The van der Waals surface area contributed by atoms with Gasteiger partial charge in [0, 0.05) is 6.54 Å². The van der Waals surface area contributed by atoms with E-state index in [2.05, 4.69) is 15.3 Å². The second-order valence-electron chi connectivity index (χ2n) is 8.23.